The molecule has 0 bridgehead atoms. The fourth-order valence-electron chi connectivity index (χ4n) is 0. The van der Waals surface area contributed by atoms with Crippen molar-refractivity contribution in [3.8, 4) is 0 Å². The first kappa shape index (κ1) is 7.07. The summed E-state index contributed by atoms with van der Waals surface area (Å²) in [6.07, 6.45) is -3.72. The Labute approximate surface area is 42.9 Å². The van der Waals surface area contributed by atoms with Gasteiger partial charge in [0.25, 0.3) is 0 Å². The van der Waals surface area contributed by atoms with Gasteiger partial charge in [0.15, 0.2) is 0 Å². The van der Waals surface area contributed by atoms with Gasteiger partial charge in [0.05, 0.1) is 0 Å². The number of alkyl halides is 4. The van der Waals surface area contributed by atoms with Gasteiger partial charge in [0.1, 0.15) is 0 Å². The molecule has 0 aliphatic rings. The van der Waals surface area contributed by atoms with Crippen molar-refractivity contribution in [2.24, 2.45) is 0 Å². The van der Waals surface area contributed by atoms with Crippen LogP contribution in [0, 0.1) is 0 Å². The minimum absolute atomic E-state index is 3.03. The smallest absolute Gasteiger partial charge is 0.202 e. The zero-order valence-electron chi connectivity index (χ0n) is 3.00. The second-order valence-corrected chi connectivity index (χ2v) is 1.41. The van der Waals surface area contributed by atoms with Crippen molar-refractivity contribution in [3.63, 3.8) is 0 Å². The molecule has 0 aromatic carbocycles. The molecule has 0 unspecified atom stereocenters. The lowest BCUT2D eigenvalue weighted by Crippen LogP contribution is -2.17. The zero-order valence-corrected chi connectivity index (χ0v) is 3.81. The molecule has 1 radical (unpaired) electrons. The first-order valence-corrected chi connectivity index (χ1v) is 1.72. The van der Waals surface area contributed by atoms with Crippen LogP contribution < -0.4 is 0 Å². The van der Waals surface area contributed by atoms with Crippen LogP contribution in [-0.4, -0.2) is 11.7 Å². The second-order valence-electron chi connectivity index (χ2n) is 0.862. The Kier molecular flexibility index (Phi) is 1.92. The van der Waals surface area contributed by atoms with Crippen LogP contribution in [0.2, 0.25) is 0 Å². The lowest BCUT2D eigenvalue weighted by atomic mass is 10.7. The SMILES string of the molecule is FC(F)C(F)(F)[S]. The predicted octanol–water partition coefficient (Wildman–Crippen LogP) is 2.04. The number of hydrogen-bond donors (Lipinski definition) is 0. The number of rotatable bonds is 1. The molecule has 0 nitrogen and oxygen atoms in total. The summed E-state index contributed by atoms with van der Waals surface area (Å²) in [7, 11) is 0. The quantitative estimate of drug-likeness (QED) is 0.480. The summed E-state index contributed by atoms with van der Waals surface area (Å²) in [4.78, 5) is 0. The Balaban J connectivity index is 3.54. The minimum Gasteiger partial charge on any atom is -0.202 e. The molecule has 5 heteroatoms. The Hall–Kier alpha value is 0.0700. The maximum atomic E-state index is 10.9. The van der Waals surface area contributed by atoms with Crippen molar-refractivity contribution in [2.75, 3.05) is 0 Å². The molecule has 0 spiro atoms. The molecule has 0 heterocycles. The van der Waals surface area contributed by atoms with Crippen molar-refractivity contribution in [2.45, 2.75) is 11.7 Å². The van der Waals surface area contributed by atoms with E-state index in [1.807, 2.05) is 0 Å². The van der Waals surface area contributed by atoms with Crippen LogP contribution in [0.1, 0.15) is 0 Å². The molecule has 0 fully saturated rings. The van der Waals surface area contributed by atoms with Crippen LogP contribution in [0.3, 0.4) is 0 Å². The third-order valence-electron chi connectivity index (χ3n) is 0.254. The van der Waals surface area contributed by atoms with Gasteiger partial charge >= 0.3 is 11.7 Å². The first-order valence-electron chi connectivity index (χ1n) is 1.31. The monoisotopic (exact) mass is 133 g/mol. The van der Waals surface area contributed by atoms with Crippen molar-refractivity contribution < 1.29 is 17.6 Å². The molecule has 43 valence electrons. The van der Waals surface area contributed by atoms with Crippen LogP contribution in [0.4, 0.5) is 17.6 Å². The van der Waals surface area contributed by atoms with E-state index in [2.05, 4.69) is 12.6 Å². The molecule has 0 N–H and O–H groups in total. The highest BCUT2D eigenvalue weighted by Crippen LogP contribution is 2.25. The molecule has 0 saturated heterocycles. The van der Waals surface area contributed by atoms with Gasteiger partial charge in [-0.2, -0.15) is 8.78 Å². The standard InChI is InChI=1S/C2HF4S/c3-1(4)2(5,6)7/h1H. The number of hydrogen-bond acceptors (Lipinski definition) is 0. The minimum atomic E-state index is -4.25. The van der Waals surface area contributed by atoms with E-state index in [4.69, 9.17) is 0 Å². The van der Waals surface area contributed by atoms with Gasteiger partial charge < -0.3 is 0 Å². The van der Waals surface area contributed by atoms with Crippen LogP contribution in [0.25, 0.3) is 0 Å². The zero-order chi connectivity index (χ0) is 6.08. The molecule has 7 heavy (non-hydrogen) atoms. The van der Waals surface area contributed by atoms with Crippen molar-refractivity contribution >= 4 is 12.6 Å². The first-order chi connectivity index (χ1) is 2.94. The summed E-state index contributed by atoms with van der Waals surface area (Å²) in [6, 6.07) is 0. The molecular formula is C2HF4S. The lowest BCUT2D eigenvalue weighted by Gasteiger charge is -2.02. The second kappa shape index (κ2) is 1.90. The van der Waals surface area contributed by atoms with Gasteiger partial charge in [-0.15, -0.1) is 0 Å². The molecule has 0 aliphatic heterocycles. The van der Waals surface area contributed by atoms with Crippen molar-refractivity contribution in [3.05, 3.63) is 0 Å². The van der Waals surface area contributed by atoms with E-state index in [-0.39, 0.29) is 0 Å². The van der Waals surface area contributed by atoms with Crippen LogP contribution in [-0.2, 0) is 0 Å². The Bertz CT molecular complexity index is 55.2. The van der Waals surface area contributed by atoms with Gasteiger partial charge in [-0.3, -0.25) is 0 Å². The van der Waals surface area contributed by atoms with E-state index in [0.717, 1.165) is 0 Å². The van der Waals surface area contributed by atoms with Gasteiger partial charge in [-0.25, -0.2) is 8.78 Å². The largest absolute Gasteiger partial charge is 0.362 e. The lowest BCUT2D eigenvalue weighted by molar-refractivity contribution is -0.0546. The van der Waals surface area contributed by atoms with E-state index in [1.165, 1.54) is 0 Å². The average molecular weight is 133 g/mol. The van der Waals surface area contributed by atoms with Crippen LogP contribution in [0.15, 0.2) is 0 Å². The summed E-state index contributed by atoms with van der Waals surface area (Å²) in [6.45, 7) is 0. The van der Waals surface area contributed by atoms with Gasteiger partial charge in [-0.05, 0) is 12.6 Å². The fraction of sp³-hybridized carbons (Fsp3) is 1.00. The molecule has 0 aliphatic carbocycles. The average Bonchev–Trinajstić information content (AvgIpc) is 1.31. The summed E-state index contributed by atoms with van der Waals surface area (Å²) in [5, 5.41) is -4.25. The predicted molar refractivity (Wildman–Crippen MR) is 18.5 cm³/mol. The molecule has 0 rings (SSSR count). The highest BCUT2D eigenvalue weighted by Gasteiger charge is 2.36. The summed E-state index contributed by atoms with van der Waals surface area (Å²) in [5.74, 6) is 0. The Morgan fingerprint density at radius 1 is 1.29 bits per heavy atom. The van der Waals surface area contributed by atoms with Gasteiger partial charge in [0.2, 0.25) is 0 Å². The summed E-state index contributed by atoms with van der Waals surface area (Å²) in [5.41, 5.74) is 0. The highest BCUT2D eigenvalue weighted by molar-refractivity contribution is 7.81. The van der Waals surface area contributed by atoms with E-state index >= 15 is 0 Å². The molecule has 0 saturated carbocycles. The van der Waals surface area contributed by atoms with Crippen molar-refractivity contribution in [1.82, 2.24) is 0 Å². The highest BCUT2D eigenvalue weighted by atomic mass is 32.1. The Morgan fingerprint density at radius 3 is 1.43 bits per heavy atom. The molecule has 0 aromatic heterocycles. The van der Waals surface area contributed by atoms with E-state index in [9.17, 15) is 17.6 Å². The fourth-order valence-corrected chi connectivity index (χ4v) is 0. The van der Waals surface area contributed by atoms with Gasteiger partial charge in [0, 0.05) is 0 Å². The molecule has 0 atom stereocenters. The normalized spacial score (nSPS) is 12.9. The molecule has 0 aromatic rings. The Morgan fingerprint density at radius 2 is 1.43 bits per heavy atom. The number of halogens is 4. The van der Waals surface area contributed by atoms with Crippen molar-refractivity contribution in [1.29, 1.82) is 0 Å². The molecule has 0 amide bonds. The maximum absolute atomic E-state index is 10.9. The summed E-state index contributed by atoms with van der Waals surface area (Å²) >= 11 is 3.03. The maximum Gasteiger partial charge on any atom is 0.362 e. The van der Waals surface area contributed by atoms with Crippen LogP contribution >= 0.6 is 12.6 Å². The van der Waals surface area contributed by atoms with E-state index in [1.54, 1.807) is 0 Å². The molecular weight excluding hydrogens is 132 g/mol. The summed E-state index contributed by atoms with van der Waals surface area (Å²) < 4.78 is 43.2. The third kappa shape index (κ3) is 2.73. The third-order valence-corrected chi connectivity index (χ3v) is 0.432. The van der Waals surface area contributed by atoms with Gasteiger partial charge in [-0.1, -0.05) is 0 Å². The topological polar surface area (TPSA) is 0 Å². The van der Waals surface area contributed by atoms with E-state index in [0.29, 0.717) is 0 Å². The van der Waals surface area contributed by atoms with Crippen LogP contribution in [0.5, 0.6) is 0 Å². The van der Waals surface area contributed by atoms with E-state index < -0.39 is 11.7 Å².